The molecule has 130 valence electrons. The van der Waals surface area contributed by atoms with Gasteiger partial charge in [0.1, 0.15) is 0 Å². The summed E-state index contributed by atoms with van der Waals surface area (Å²) in [7, 11) is 1.75. The molecule has 26 heavy (non-hydrogen) atoms. The maximum Gasteiger partial charge on any atom is 0.232 e. The van der Waals surface area contributed by atoms with Crippen molar-refractivity contribution in [2.24, 2.45) is 7.05 Å². The number of fused-ring (bicyclic) bond motifs is 1. The zero-order valence-electron chi connectivity index (χ0n) is 14.0. The number of amides is 2. The van der Waals surface area contributed by atoms with Crippen molar-refractivity contribution in [3.05, 3.63) is 54.1 Å². The summed E-state index contributed by atoms with van der Waals surface area (Å²) in [5.74, 6) is -0.313. The summed E-state index contributed by atoms with van der Waals surface area (Å²) in [6, 6.07) is 14.6. The zero-order chi connectivity index (χ0) is 18.1. The molecule has 2 aromatic carbocycles. The van der Waals surface area contributed by atoms with Crippen LogP contribution in [0.25, 0.3) is 11.4 Å². The molecule has 1 atom stereocenters. The maximum absolute atomic E-state index is 12.8. The van der Waals surface area contributed by atoms with Gasteiger partial charge in [0.05, 0.1) is 5.92 Å². The number of nitrogens with zero attached hydrogens (tertiary/aromatic N) is 4. The lowest BCUT2D eigenvalue weighted by molar-refractivity contribution is -0.123. The molecule has 2 heterocycles. The Morgan fingerprint density at radius 1 is 1.23 bits per heavy atom. The first kappa shape index (κ1) is 15.9. The Balaban J connectivity index is 1.60. The molecule has 0 saturated carbocycles. The molecule has 0 spiro atoms. The standard InChI is InChI=1S/C18H16N6O2/c1-24-17(21-22-23-24)11-5-4-6-12(9-11)19-18(26)14-10-16(25)20-15-8-3-2-7-13(14)15/h2-9,14H,10H2,1H3,(H,19,26)(H,20,25)/t14-/m1/s1. The number of rotatable bonds is 3. The number of hydrogen-bond donors (Lipinski definition) is 2. The monoisotopic (exact) mass is 348 g/mol. The molecule has 0 radical (unpaired) electrons. The number of hydrogen-bond acceptors (Lipinski definition) is 5. The Kier molecular flexibility index (Phi) is 3.92. The van der Waals surface area contributed by atoms with Crippen molar-refractivity contribution in [2.75, 3.05) is 10.6 Å². The highest BCUT2D eigenvalue weighted by Gasteiger charge is 2.30. The average molecular weight is 348 g/mol. The number of nitrogens with one attached hydrogen (secondary N) is 2. The minimum Gasteiger partial charge on any atom is -0.326 e. The normalized spacial score (nSPS) is 15.9. The molecule has 0 unspecified atom stereocenters. The predicted octanol–water partition coefficient (Wildman–Crippen LogP) is 1.94. The quantitative estimate of drug-likeness (QED) is 0.753. The van der Waals surface area contributed by atoms with Crippen LogP contribution >= 0.6 is 0 Å². The van der Waals surface area contributed by atoms with Crippen LogP contribution in [0, 0.1) is 0 Å². The average Bonchev–Trinajstić information content (AvgIpc) is 3.07. The molecule has 1 aliphatic rings. The number of carbonyl (C=O) groups excluding carboxylic acids is 2. The fourth-order valence-electron chi connectivity index (χ4n) is 3.08. The van der Waals surface area contributed by atoms with E-state index in [0.717, 1.165) is 11.1 Å². The minimum atomic E-state index is -0.528. The van der Waals surface area contributed by atoms with Crippen LogP contribution in [0.4, 0.5) is 11.4 Å². The number of aromatic nitrogens is 4. The molecule has 0 aliphatic carbocycles. The van der Waals surface area contributed by atoms with Gasteiger partial charge in [-0.3, -0.25) is 9.59 Å². The van der Waals surface area contributed by atoms with Crippen molar-refractivity contribution >= 4 is 23.2 Å². The van der Waals surface area contributed by atoms with Crippen LogP contribution in [0.1, 0.15) is 17.9 Å². The number of aryl methyl sites for hydroxylation is 1. The SMILES string of the molecule is Cn1nnnc1-c1cccc(NC(=O)[C@@H]2CC(=O)Nc3ccccc32)c1. The maximum atomic E-state index is 12.8. The number of carbonyl (C=O) groups is 2. The van der Waals surface area contributed by atoms with Gasteiger partial charge in [0.2, 0.25) is 11.8 Å². The van der Waals surface area contributed by atoms with Gasteiger partial charge in [-0.05, 0) is 34.2 Å². The molecular weight excluding hydrogens is 332 g/mol. The molecule has 1 aromatic heterocycles. The van der Waals surface area contributed by atoms with E-state index in [4.69, 9.17) is 0 Å². The van der Waals surface area contributed by atoms with Crippen molar-refractivity contribution in [3.63, 3.8) is 0 Å². The summed E-state index contributed by atoms with van der Waals surface area (Å²) in [6.45, 7) is 0. The first-order valence-electron chi connectivity index (χ1n) is 8.14. The van der Waals surface area contributed by atoms with Gasteiger partial charge in [0.15, 0.2) is 5.82 Å². The fraction of sp³-hybridized carbons (Fsp3) is 0.167. The summed E-state index contributed by atoms with van der Waals surface area (Å²) in [5.41, 5.74) is 2.91. The van der Waals surface area contributed by atoms with E-state index in [1.165, 1.54) is 0 Å². The number of tetrazole rings is 1. The highest BCUT2D eigenvalue weighted by Crippen LogP contribution is 2.33. The van der Waals surface area contributed by atoms with Crippen LogP contribution in [0.15, 0.2) is 48.5 Å². The first-order chi connectivity index (χ1) is 12.6. The van der Waals surface area contributed by atoms with Crippen LogP contribution in [-0.2, 0) is 16.6 Å². The molecule has 2 N–H and O–H groups in total. The first-order valence-corrected chi connectivity index (χ1v) is 8.14. The van der Waals surface area contributed by atoms with Crippen LogP contribution in [0.5, 0.6) is 0 Å². The summed E-state index contributed by atoms with van der Waals surface area (Å²) in [5, 5.41) is 17.1. The van der Waals surface area contributed by atoms with Crippen molar-refractivity contribution in [1.82, 2.24) is 20.2 Å². The minimum absolute atomic E-state index is 0.121. The Bertz CT molecular complexity index is 997. The second-order valence-corrected chi connectivity index (χ2v) is 6.09. The number of benzene rings is 2. The Morgan fingerprint density at radius 3 is 2.88 bits per heavy atom. The van der Waals surface area contributed by atoms with E-state index in [-0.39, 0.29) is 18.2 Å². The third kappa shape index (κ3) is 2.92. The Labute approximate surface area is 149 Å². The topological polar surface area (TPSA) is 102 Å². The zero-order valence-corrected chi connectivity index (χ0v) is 14.0. The molecule has 0 saturated heterocycles. The molecule has 8 heteroatoms. The van der Waals surface area contributed by atoms with Crippen LogP contribution in [-0.4, -0.2) is 32.0 Å². The number of para-hydroxylation sites is 1. The lowest BCUT2D eigenvalue weighted by Gasteiger charge is -2.24. The van der Waals surface area contributed by atoms with Crippen molar-refractivity contribution in [1.29, 1.82) is 0 Å². The molecule has 1 aliphatic heterocycles. The Hall–Kier alpha value is -3.55. The van der Waals surface area contributed by atoms with Gasteiger partial charge in [-0.2, -0.15) is 0 Å². The van der Waals surface area contributed by atoms with Crippen LogP contribution < -0.4 is 10.6 Å². The lowest BCUT2D eigenvalue weighted by atomic mass is 9.90. The largest absolute Gasteiger partial charge is 0.326 e. The van der Waals surface area contributed by atoms with E-state index in [1.807, 2.05) is 30.3 Å². The molecule has 4 rings (SSSR count). The number of anilines is 2. The van der Waals surface area contributed by atoms with E-state index >= 15 is 0 Å². The summed E-state index contributed by atoms with van der Waals surface area (Å²) < 4.78 is 1.56. The van der Waals surface area contributed by atoms with E-state index in [2.05, 4.69) is 26.2 Å². The highest BCUT2D eigenvalue weighted by molar-refractivity contribution is 6.05. The highest BCUT2D eigenvalue weighted by atomic mass is 16.2. The van der Waals surface area contributed by atoms with Crippen molar-refractivity contribution in [2.45, 2.75) is 12.3 Å². The van der Waals surface area contributed by atoms with Gasteiger partial charge in [0, 0.05) is 30.4 Å². The second kappa shape index (κ2) is 6.40. The van der Waals surface area contributed by atoms with E-state index in [0.29, 0.717) is 17.2 Å². The summed E-state index contributed by atoms with van der Waals surface area (Å²) in [4.78, 5) is 24.7. The molecule has 8 nitrogen and oxygen atoms in total. The van der Waals surface area contributed by atoms with Gasteiger partial charge in [0.25, 0.3) is 0 Å². The van der Waals surface area contributed by atoms with E-state index in [9.17, 15) is 9.59 Å². The predicted molar refractivity (Wildman–Crippen MR) is 95.3 cm³/mol. The van der Waals surface area contributed by atoms with Gasteiger partial charge >= 0.3 is 0 Å². The fourth-order valence-corrected chi connectivity index (χ4v) is 3.08. The van der Waals surface area contributed by atoms with Crippen LogP contribution in [0.3, 0.4) is 0 Å². The molecule has 0 fully saturated rings. The van der Waals surface area contributed by atoms with E-state index < -0.39 is 5.92 Å². The molecule has 0 bridgehead atoms. The second-order valence-electron chi connectivity index (χ2n) is 6.09. The summed E-state index contributed by atoms with van der Waals surface area (Å²) in [6.07, 6.45) is 0.121. The van der Waals surface area contributed by atoms with Crippen LogP contribution in [0.2, 0.25) is 0 Å². The summed E-state index contributed by atoms with van der Waals surface area (Å²) >= 11 is 0. The van der Waals surface area contributed by atoms with Gasteiger partial charge in [-0.25, -0.2) is 4.68 Å². The lowest BCUT2D eigenvalue weighted by Crippen LogP contribution is -2.30. The van der Waals surface area contributed by atoms with Gasteiger partial charge in [-0.1, -0.05) is 30.3 Å². The third-order valence-corrected chi connectivity index (χ3v) is 4.32. The smallest absolute Gasteiger partial charge is 0.232 e. The molecule has 2 amide bonds. The molecular formula is C18H16N6O2. The van der Waals surface area contributed by atoms with Gasteiger partial charge in [-0.15, -0.1) is 5.10 Å². The Morgan fingerprint density at radius 2 is 2.08 bits per heavy atom. The van der Waals surface area contributed by atoms with Crippen molar-refractivity contribution in [3.8, 4) is 11.4 Å². The molecule has 3 aromatic rings. The van der Waals surface area contributed by atoms with Crippen molar-refractivity contribution < 1.29 is 9.59 Å². The van der Waals surface area contributed by atoms with E-state index in [1.54, 1.807) is 29.9 Å². The van der Waals surface area contributed by atoms with Gasteiger partial charge < -0.3 is 10.6 Å². The third-order valence-electron chi connectivity index (χ3n) is 4.32.